The molecule has 5 rings (SSSR count). The van der Waals surface area contributed by atoms with Crippen LogP contribution in [0.2, 0.25) is 5.02 Å². The smallest absolute Gasteiger partial charge is 0.369 e. The van der Waals surface area contributed by atoms with E-state index in [1.165, 1.54) is 5.56 Å². The number of halogens is 7. The third-order valence-corrected chi connectivity index (χ3v) is 8.01. The molecule has 3 aromatic rings. The summed E-state index contributed by atoms with van der Waals surface area (Å²) in [6.45, 7) is 3.42. The van der Waals surface area contributed by atoms with Crippen LogP contribution in [0.3, 0.4) is 0 Å². The van der Waals surface area contributed by atoms with Crippen molar-refractivity contribution in [2.24, 2.45) is 0 Å². The average molecular weight is 570 g/mol. The van der Waals surface area contributed by atoms with Gasteiger partial charge in [-0.1, -0.05) is 48.0 Å². The van der Waals surface area contributed by atoms with Crippen LogP contribution in [0.15, 0.2) is 67.0 Å². The summed E-state index contributed by atoms with van der Waals surface area (Å²) in [5.74, 6) is 0. The van der Waals surface area contributed by atoms with Crippen molar-refractivity contribution in [3.05, 3.63) is 88.7 Å². The third kappa shape index (κ3) is 5.39. The van der Waals surface area contributed by atoms with Crippen molar-refractivity contribution in [3.8, 4) is 11.1 Å². The summed E-state index contributed by atoms with van der Waals surface area (Å²) < 4.78 is 79.1. The number of benzene rings is 2. The van der Waals surface area contributed by atoms with Crippen molar-refractivity contribution in [1.82, 2.24) is 14.8 Å². The maximum Gasteiger partial charge on any atom is 0.430 e. The van der Waals surface area contributed by atoms with Crippen molar-refractivity contribution in [3.63, 3.8) is 0 Å². The summed E-state index contributed by atoms with van der Waals surface area (Å²) in [7, 11) is 0. The Morgan fingerprint density at radius 1 is 0.795 bits per heavy atom. The van der Waals surface area contributed by atoms with E-state index >= 15 is 0 Å². The molecule has 2 aliphatic rings. The van der Waals surface area contributed by atoms with Gasteiger partial charge in [-0.15, -0.1) is 0 Å². The number of aromatic nitrogens is 1. The number of fused-ring (bicyclic) bond motifs is 2. The molecule has 0 amide bonds. The van der Waals surface area contributed by atoms with Gasteiger partial charge in [0.25, 0.3) is 5.60 Å². The number of pyridine rings is 1. The zero-order valence-corrected chi connectivity index (χ0v) is 21.4. The minimum Gasteiger partial charge on any atom is -0.369 e. The quantitative estimate of drug-likeness (QED) is 0.341. The van der Waals surface area contributed by atoms with Crippen LogP contribution in [0.25, 0.3) is 11.1 Å². The minimum atomic E-state index is -5.93. The largest absolute Gasteiger partial charge is 0.430 e. The van der Waals surface area contributed by atoms with Gasteiger partial charge in [-0.3, -0.25) is 14.8 Å². The molecule has 1 aromatic heterocycles. The van der Waals surface area contributed by atoms with E-state index in [9.17, 15) is 31.4 Å². The van der Waals surface area contributed by atoms with E-state index < -0.39 is 23.5 Å². The Labute approximate surface area is 226 Å². The molecule has 2 saturated heterocycles. The van der Waals surface area contributed by atoms with Crippen molar-refractivity contribution in [2.75, 3.05) is 13.1 Å². The molecule has 2 atom stereocenters. The van der Waals surface area contributed by atoms with Crippen LogP contribution in [0.1, 0.15) is 29.5 Å². The van der Waals surface area contributed by atoms with Crippen LogP contribution in [0.5, 0.6) is 0 Å². The van der Waals surface area contributed by atoms with Crippen molar-refractivity contribution >= 4 is 11.6 Å². The van der Waals surface area contributed by atoms with E-state index in [4.69, 9.17) is 11.6 Å². The monoisotopic (exact) mass is 569 g/mol. The summed E-state index contributed by atoms with van der Waals surface area (Å²) in [5, 5.41) is 9.94. The summed E-state index contributed by atoms with van der Waals surface area (Å²) >= 11 is 6.50. The molecule has 2 bridgehead atoms. The number of rotatable bonds is 6. The Kier molecular flexibility index (Phi) is 7.43. The Morgan fingerprint density at radius 2 is 1.38 bits per heavy atom. The highest BCUT2D eigenvalue weighted by molar-refractivity contribution is 6.33. The average Bonchev–Trinajstić information content (AvgIpc) is 3.10. The Balaban J connectivity index is 1.27. The lowest BCUT2D eigenvalue weighted by atomic mass is 9.90. The Bertz CT molecular complexity index is 1270. The van der Waals surface area contributed by atoms with Crippen LogP contribution in [0, 0.1) is 0 Å². The topological polar surface area (TPSA) is 39.6 Å². The van der Waals surface area contributed by atoms with Gasteiger partial charge in [-0.25, -0.2) is 0 Å². The zero-order chi connectivity index (χ0) is 28.0. The van der Waals surface area contributed by atoms with Crippen LogP contribution in [-0.2, 0) is 18.7 Å². The normalized spacial score (nSPS) is 20.9. The molecule has 2 unspecified atom stereocenters. The molecule has 0 spiro atoms. The zero-order valence-electron chi connectivity index (χ0n) is 20.7. The molecule has 2 aliphatic heterocycles. The molecule has 39 heavy (non-hydrogen) atoms. The van der Waals surface area contributed by atoms with Crippen LogP contribution < -0.4 is 0 Å². The molecular formula is C28H26ClF6N3O. The summed E-state index contributed by atoms with van der Waals surface area (Å²) in [6.07, 6.45) is -5.98. The third-order valence-electron chi connectivity index (χ3n) is 7.70. The molecule has 0 radical (unpaired) electrons. The lowest BCUT2D eigenvalue weighted by Crippen LogP contribution is -2.53. The highest BCUT2D eigenvalue weighted by Crippen LogP contribution is 2.50. The fourth-order valence-corrected chi connectivity index (χ4v) is 6.00. The van der Waals surface area contributed by atoms with Gasteiger partial charge in [0.2, 0.25) is 0 Å². The van der Waals surface area contributed by atoms with E-state index in [1.54, 1.807) is 24.5 Å². The first kappa shape index (κ1) is 27.9. The molecule has 4 nitrogen and oxygen atoms in total. The van der Waals surface area contributed by atoms with Crippen molar-refractivity contribution < 1.29 is 31.4 Å². The van der Waals surface area contributed by atoms with Crippen LogP contribution >= 0.6 is 11.6 Å². The molecule has 0 saturated carbocycles. The maximum atomic E-state index is 13.2. The second-order valence-electron chi connectivity index (χ2n) is 10.2. The lowest BCUT2D eigenvalue weighted by Gasteiger charge is -2.41. The first-order valence-electron chi connectivity index (χ1n) is 12.5. The van der Waals surface area contributed by atoms with Gasteiger partial charge in [0, 0.05) is 66.8 Å². The van der Waals surface area contributed by atoms with E-state index in [-0.39, 0.29) is 0 Å². The van der Waals surface area contributed by atoms with E-state index in [1.807, 2.05) is 18.2 Å². The molecular weight excluding hydrogens is 544 g/mol. The number of hydrogen-bond acceptors (Lipinski definition) is 4. The number of aliphatic hydroxyl groups is 1. The predicted molar refractivity (Wildman–Crippen MR) is 135 cm³/mol. The van der Waals surface area contributed by atoms with Gasteiger partial charge >= 0.3 is 12.4 Å². The van der Waals surface area contributed by atoms with Crippen molar-refractivity contribution in [2.45, 2.75) is 56.0 Å². The molecule has 0 aliphatic carbocycles. The fraction of sp³-hybridized carbons (Fsp3) is 0.393. The Hall–Kier alpha value is -2.66. The minimum absolute atomic E-state index is 0.335. The number of hydrogen-bond donors (Lipinski definition) is 1. The summed E-state index contributed by atoms with van der Waals surface area (Å²) in [6, 6.07) is 13.8. The van der Waals surface area contributed by atoms with Gasteiger partial charge in [0.15, 0.2) is 0 Å². The van der Waals surface area contributed by atoms with Gasteiger partial charge in [-0.2, -0.15) is 26.3 Å². The van der Waals surface area contributed by atoms with Gasteiger partial charge in [0.1, 0.15) is 0 Å². The summed E-state index contributed by atoms with van der Waals surface area (Å²) in [5.41, 5.74) is -3.26. The molecule has 11 heteroatoms. The molecule has 208 valence electrons. The second kappa shape index (κ2) is 10.4. The predicted octanol–water partition coefficient (Wildman–Crippen LogP) is 6.56. The van der Waals surface area contributed by atoms with Gasteiger partial charge in [0.05, 0.1) is 0 Å². The highest BCUT2D eigenvalue weighted by atomic mass is 35.5. The Morgan fingerprint density at radius 3 is 1.92 bits per heavy atom. The standard InChI is InChI=1S/C28H26ClF6N3O/c29-25-13-19(14-37-16-22-6-7-23(17-37)38(22)15-18-9-11-36-12-10-18)1-8-24(25)20-2-4-21(5-3-20)26(39,27(30,31)32)28(33,34)35/h1-5,8-13,22-23,39H,6-7,14-17H2. The maximum absolute atomic E-state index is 13.2. The highest BCUT2D eigenvalue weighted by Gasteiger charge is 2.71. The first-order chi connectivity index (χ1) is 18.4. The van der Waals surface area contributed by atoms with Gasteiger partial charge in [-0.05, 0) is 47.7 Å². The first-order valence-corrected chi connectivity index (χ1v) is 12.9. The molecule has 2 fully saturated rings. The van der Waals surface area contributed by atoms with Crippen molar-refractivity contribution in [1.29, 1.82) is 0 Å². The van der Waals surface area contributed by atoms with Crippen LogP contribution in [-0.4, -0.2) is 57.4 Å². The lowest BCUT2D eigenvalue weighted by molar-refractivity contribution is -0.376. The van der Waals surface area contributed by atoms with Crippen LogP contribution in [0.4, 0.5) is 26.3 Å². The molecule has 2 aromatic carbocycles. The summed E-state index contributed by atoms with van der Waals surface area (Å²) in [4.78, 5) is 9.03. The number of alkyl halides is 6. The molecule has 3 heterocycles. The van der Waals surface area contributed by atoms with Gasteiger partial charge < -0.3 is 5.11 Å². The number of piperazine rings is 1. The SMILES string of the molecule is OC(c1ccc(-c2ccc(CN3CC4CCC(C3)N4Cc3ccncc3)cc2Cl)cc1)(C(F)(F)F)C(F)(F)F. The number of likely N-dealkylation sites (tertiary alicyclic amines) is 1. The molecule has 1 N–H and O–H groups in total. The van der Waals surface area contributed by atoms with E-state index in [0.29, 0.717) is 46.9 Å². The second-order valence-corrected chi connectivity index (χ2v) is 10.6. The van der Waals surface area contributed by atoms with E-state index in [0.717, 1.165) is 50.2 Å². The van der Waals surface area contributed by atoms with E-state index in [2.05, 4.69) is 14.8 Å². The fourth-order valence-electron chi connectivity index (χ4n) is 5.69. The number of nitrogens with zero attached hydrogens (tertiary/aromatic N) is 3.